The van der Waals surface area contributed by atoms with Gasteiger partial charge in [-0.2, -0.15) is 0 Å². The molecule has 1 aliphatic rings. The molecule has 80 valence electrons. The van der Waals surface area contributed by atoms with Crippen LogP contribution >= 0.6 is 0 Å². The molecule has 5 nitrogen and oxygen atoms in total. The maximum Gasteiger partial charge on any atom is 0.303 e. The van der Waals surface area contributed by atoms with Crippen LogP contribution in [0, 0.1) is 0 Å². The Morgan fingerprint density at radius 2 is 2.40 bits per heavy atom. The van der Waals surface area contributed by atoms with E-state index >= 15 is 0 Å². The molecule has 1 fully saturated rings. The Hall–Kier alpha value is -1.65. The highest BCUT2D eigenvalue weighted by atomic mass is 16.4. The van der Waals surface area contributed by atoms with Crippen LogP contribution in [0.15, 0.2) is 12.3 Å². The van der Waals surface area contributed by atoms with Crippen molar-refractivity contribution in [1.29, 1.82) is 0 Å². The van der Waals surface area contributed by atoms with Crippen LogP contribution in [0.5, 0.6) is 0 Å². The number of anilines is 1. The summed E-state index contributed by atoms with van der Waals surface area (Å²) in [5, 5.41) is 11.8. The molecular weight excluding hydrogens is 194 g/mol. The van der Waals surface area contributed by atoms with Crippen LogP contribution < -0.4 is 5.32 Å². The van der Waals surface area contributed by atoms with Crippen molar-refractivity contribution in [3.8, 4) is 0 Å². The lowest BCUT2D eigenvalue weighted by atomic mass is 10.3. The van der Waals surface area contributed by atoms with E-state index in [0.717, 1.165) is 5.82 Å². The summed E-state index contributed by atoms with van der Waals surface area (Å²) in [6.07, 6.45) is 4.50. The van der Waals surface area contributed by atoms with Gasteiger partial charge in [-0.3, -0.25) is 4.79 Å². The lowest BCUT2D eigenvalue weighted by molar-refractivity contribution is -0.137. The van der Waals surface area contributed by atoms with Crippen LogP contribution in [0.4, 0.5) is 5.82 Å². The number of nitrogens with zero attached hydrogens (tertiary/aromatic N) is 2. The molecule has 2 rings (SSSR count). The number of aryl methyl sites for hydroxylation is 1. The Bertz CT molecular complexity index is 363. The first-order valence-electron chi connectivity index (χ1n) is 5.04. The number of hydrogen-bond acceptors (Lipinski definition) is 4. The van der Waals surface area contributed by atoms with Crippen molar-refractivity contribution >= 4 is 11.8 Å². The third kappa shape index (κ3) is 3.19. The number of aliphatic carboxylic acids is 1. The first-order valence-corrected chi connectivity index (χ1v) is 5.04. The second kappa shape index (κ2) is 4.25. The van der Waals surface area contributed by atoms with Crippen LogP contribution in [-0.4, -0.2) is 27.1 Å². The predicted molar refractivity (Wildman–Crippen MR) is 54.6 cm³/mol. The topological polar surface area (TPSA) is 75.1 Å². The second-order valence-electron chi connectivity index (χ2n) is 3.67. The van der Waals surface area contributed by atoms with Crippen LogP contribution in [0.2, 0.25) is 0 Å². The molecule has 15 heavy (non-hydrogen) atoms. The van der Waals surface area contributed by atoms with Gasteiger partial charge < -0.3 is 10.4 Å². The highest BCUT2D eigenvalue weighted by Crippen LogP contribution is 2.23. The average molecular weight is 207 g/mol. The quantitative estimate of drug-likeness (QED) is 0.755. The average Bonchev–Trinajstić information content (AvgIpc) is 2.99. The van der Waals surface area contributed by atoms with E-state index in [-0.39, 0.29) is 6.42 Å². The summed E-state index contributed by atoms with van der Waals surface area (Å²) in [5.74, 6) is 0.565. The van der Waals surface area contributed by atoms with E-state index in [9.17, 15) is 4.79 Å². The molecule has 1 saturated carbocycles. The van der Waals surface area contributed by atoms with Crippen molar-refractivity contribution in [2.75, 3.05) is 5.32 Å². The minimum absolute atomic E-state index is 0.0763. The second-order valence-corrected chi connectivity index (χ2v) is 3.67. The molecule has 0 spiro atoms. The van der Waals surface area contributed by atoms with Crippen LogP contribution in [0.3, 0.4) is 0 Å². The first kappa shape index (κ1) is 9.89. The van der Waals surface area contributed by atoms with E-state index in [0.29, 0.717) is 18.3 Å². The molecular formula is C10H13N3O2. The van der Waals surface area contributed by atoms with E-state index in [1.54, 1.807) is 6.20 Å². The highest BCUT2D eigenvalue weighted by Gasteiger charge is 2.21. The van der Waals surface area contributed by atoms with Gasteiger partial charge in [-0.05, 0) is 18.9 Å². The van der Waals surface area contributed by atoms with Crippen molar-refractivity contribution in [3.05, 3.63) is 18.1 Å². The fraction of sp³-hybridized carbons (Fsp3) is 0.500. The zero-order valence-electron chi connectivity index (χ0n) is 8.31. The van der Waals surface area contributed by atoms with Gasteiger partial charge in [-0.25, -0.2) is 9.97 Å². The molecule has 2 N–H and O–H groups in total. The number of aromatic nitrogens is 2. The Labute approximate surface area is 87.6 Å². The van der Waals surface area contributed by atoms with E-state index in [2.05, 4.69) is 15.3 Å². The minimum atomic E-state index is -0.820. The van der Waals surface area contributed by atoms with E-state index in [1.807, 2.05) is 6.07 Å². The van der Waals surface area contributed by atoms with Gasteiger partial charge >= 0.3 is 5.97 Å². The molecule has 1 heterocycles. The zero-order chi connectivity index (χ0) is 10.7. The molecule has 0 unspecified atom stereocenters. The number of rotatable bonds is 5. The predicted octanol–water partition coefficient (Wildman–Crippen LogP) is 1.07. The molecule has 0 aromatic carbocycles. The van der Waals surface area contributed by atoms with Crippen molar-refractivity contribution in [2.24, 2.45) is 0 Å². The molecule has 0 amide bonds. The van der Waals surface area contributed by atoms with Crippen molar-refractivity contribution < 1.29 is 9.90 Å². The molecule has 1 aromatic heterocycles. The van der Waals surface area contributed by atoms with Gasteiger partial charge in [0.2, 0.25) is 0 Å². The van der Waals surface area contributed by atoms with Crippen molar-refractivity contribution in [1.82, 2.24) is 9.97 Å². The number of carboxylic acid groups (broad SMARTS) is 1. The van der Waals surface area contributed by atoms with Gasteiger partial charge in [-0.15, -0.1) is 0 Å². The molecule has 5 heteroatoms. The molecule has 0 bridgehead atoms. The van der Waals surface area contributed by atoms with Crippen LogP contribution in [0.25, 0.3) is 0 Å². The van der Waals surface area contributed by atoms with Gasteiger partial charge in [0.05, 0.1) is 6.42 Å². The lowest BCUT2D eigenvalue weighted by Gasteiger charge is -2.04. The minimum Gasteiger partial charge on any atom is -0.481 e. The fourth-order valence-corrected chi connectivity index (χ4v) is 1.26. The summed E-state index contributed by atoms with van der Waals surface area (Å²) in [6.45, 7) is 0. The van der Waals surface area contributed by atoms with Crippen LogP contribution in [-0.2, 0) is 11.2 Å². The van der Waals surface area contributed by atoms with E-state index in [4.69, 9.17) is 5.11 Å². The third-order valence-corrected chi connectivity index (χ3v) is 2.20. The summed E-state index contributed by atoms with van der Waals surface area (Å²) < 4.78 is 0. The maximum atomic E-state index is 10.4. The Balaban J connectivity index is 1.94. The molecule has 0 atom stereocenters. The molecule has 0 radical (unpaired) electrons. The number of nitrogens with one attached hydrogen (secondary N) is 1. The van der Waals surface area contributed by atoms with Gasteiger partial charge in [0.25, 0.3) is 0 Å². The third-order valence-electron chi connectivity index (χ3n) is 2.20. The number of carbonyl (C=O) groups is 1. The smallest absolute Gasteiger partial charge is 0.303 e. The summed E-state index contributed by atoms with van der Waals surface area (Å²) >= 11 is 0. The Kier molecular flexibility index (Phi) is 2.80. The largest absolute Gasteiger partial charge is 0.481 e. The van der Waals surface area contributed by atoms with Gasteiger partial charge in [0.15, 0.2) is 0 Å². The fourth-order valence-electron chi connectivity index (χ4n) is 1.26. The monoisotopic (exact) mass is 207 g/mol. The SMILES string of the molecule is O=C(O)CCc1nccc(NC2CC2)n1. The molecule has 0 saturated heterocycles. The molecule has 1 aliphatic carbocycles. The highest BCUT2D eigenvalue weighted by molar-refractivity contribution is 5.66. The Morgan fingerprint density at radius 1 is 1.60 bits per heavy atom. The Morgan fingerprint density at radius 3 is 3.07 bits per heavy atom. The lowest BCUT2D eigenvalue weighted by Crippen LogP contribution is -2.06. The molecule has 0 aliphatic heterocycles. The van der Waals surface area contributed by atoms with Crippen molar-refractivity contribution in [2.45, 2.75) is 31.7 Å². The number of hydrogen-bond donors (Lipinski definition) is 2. The normalized spacial score (nSPS) is 14.9. The maximum absolute atomic E-state index is 10.4. The van der Waals surface area contributed by atoms with Crippen molar-refractivity contribution in [3.63, 3.8) is 0 Å². The summed E-state index contributed by atoms with van der Waals surface area (Å²) in [6, 6.07) is 2.36. The number of carboxylic acids is 1. The van der Waals surface area contributed by atoms with Gasteiger partial charge in [-0.1, -0.05) is 0 Å². The summed E-state index contributed by atoms with van der Waals surface area (Å²) in [5.41, 5.74) is 0. The first-order chi connectivity index (χ1) is 7.24. The van der Waals surface area contributed by atoms with Gasteiger partial charge in [0.1, 0.15) is 11.6 Å². The standard InChI is InChI=1S/C10H13N3O2/c14-10(15)4-3-8-11-6-5-9(13-8)12-7-1-2-7/h5-7H,1-4H2,(H,14,15)(H,11,12,13). The summed E-state index contributed by atoms with van der Waals surface area (Å²) in [7, 11) is 0. The van der Waals surface area contributed by atoms with E-state index in [1.165, 1.54) is 12.8 Å². The van der Waals surface area contributed by atoms with Crippen LogP contribution in [0.1, 0.15) is 25.1 Å². The zero-order valence-corrected chi connectivity index (χ0v) is 8.31. The van der Waals surface area contributed by atoms with Gasteiger partial charge in [0, 0.05) is 18.7 Å². The molecule has 1 aromatic rings. The van der Waals surface area contributed by atoms with E-state index < -0.39 is 5.97 Å². The summed E-state index contributed by atoms with van der Waals surface area (Å²) in [4.78, 5) is 18.6.